The van der Waals surface area contributed by atoms with Crippen LogP contribution in [0.25, 0.3) is 0 Å². The predicted molar refractivity (Wildman–Crippen MR) is 135 cm³/mol. The number of benzene rings is 4. The van der Waals surface area contributed by atoms with E-state index in [1.807, 2.05) is 60.7 Å². The maximum Gasteiger partial charge on any atom is 0.171 e. The number of rotatable bonds is 3. The third-order valence-electron chi connectivity index (χ3n) is 6.21. The molecule has 0 aromatic heterocycles. The van der Waals surface area contributed by atoms with Crippen molar-refractivity contribution in [2.24, 2.45) is 0 Å². The minimum absolute atomic E-state index is 0.866. The molecule has 0 amide bonds. The first-order valence-corrected chi connectivity index (χ1v) is 13.3. The molecule has 0 heterocycles. The summed E-state index contributed by atoms with van der Waals surface area (Å²) in [4.78, 5) is 0. The summed E-state index contributed by atoms with van der Waals surface area (Å²) < 4.78 is 16.2. The molecule has 0 unspecified atom stereocenters. The Morgan fingerprint density at radius 1 is 0.581 bits per heavy atom. The molecule has 0 radical (unpaired) electrons. The van der Waals surface area contributed by atoms with Crippen LogP contribution in [0.5, 0.6) is 0 Å². The second kappa shape index (κ2) is 8.61. The lowest BCUT2D eigenvalue weighted by molar-refractivity contribution is 0.592. The van der Waals surface area contributed by atoms with Crippen LogP contribution in [0.1, 0.15) is 22.3 Å². The van der Waals surface area contributed by atoms with E-state index in [2.05, 4.69) is 52.3 Å². The quantitative estimate of drug-likeness (QED) is 0.326. The fourth-order valence-electron chi connectivity index (χ4n) is 4.48. The molecule has 4 aromatic rings. The van der Waals surface area contributed by atoms with Crippen molar-refractivity contribution in [1.29, 1.82) is 0 Å². The lowest BCUT2D eigenvalue weighted by atomic mass is 9.97. The first-order valence-electron chi connectivity index (χ1n) is 10.8. The molecule has 4 aliphatic rings. The zero-order valence-corrected chi connectivity index (χ0v) is 19.8. The number of halogens is 1. The zero-order valence-electron chi connectivity index (χ0n) is 17.3. The first-order chi connectivity index (χ1) is 15.1. The van der Waals surface area contributed by atoms with Crippen LogP contribution in [0.15, 0.2) is 102 Å². The van der Waals surface area contributed by atoms with Gasteiger partial charge < -0.3 is 4.57 Å². The average molecular weight is 487 g/mol. The van der Waals surface area contributed by atoms with Gasteiger partial charge in [-0.25, -0.2) is 0 Å². The van der Waals surface area contributed by atoms with Gasteiger partial charge >= 0.3 is 0 Å². The maximum absolute atomic E-state index is 15.0. The van der Waals surface area contributed by atoms with Crippen molar-refractivity contribution in [2.75, 3.05) is 0 Å². The smallest absolute Gasteiger partial charge is 0.171 e. The SMILES string of the molecule is O=P(c1ccccc1)(c1ccccc1)c1cc2ccc1CCc1ccc(c(Br)c1)CC2. The molecule has 0 spiro atoms. The lowest BCUT2D eigenvalue weighted by Gasteiger charge is -2.24. The Morgan fingerprint density at radius 3 is 1.68 bits per heavy atom. The van der Waals surface area contributed by atoms with Crippen molar-refractivity contribution in [2.45, 2.75) is 25.7 Å². The van der Waals surface area contributed by atoms with Crippen molar-refractivity contribution < 1.29 is 4.57 Å². The third-order valence-corrected chi connectivity index (χ3v) is 10.1. The Balaban J connectivity index is 1.71. The maximum atomic E-state index is 15.0. The fourth-order valence-corrected chi connectivity index (χ4v) is 8.08. The predicted octanol–water partition coefficient (Wildman–Crippen LogP) is 5.97. The van der Waals surface area contributed by atoms with Gasteiger partial charge in [-0.15, -0.1) is 0 Å². The molecule has 1 nitrogen and oxygen atoms in total. The van der Waals surface area contributed by atoms with Gasteiger partial charge in [-0.05, 0) is 60.1 Å². The molecule has 0 saturated heterocycles. The molecular formula is C28H24BrOP. The van der Waals surface area contributed by atoms with Gasteiger partial charge in [-0.3, -0.25) is 0 Å². The summed E-state index contributed by atoms with van der Waals surface area (Å²) in [6, 6.07) is 33.4. The van der Waals surface area contributed by atoms with Crippen LogP contribution < -0.4 is 15.9 Å². The van der Waals surface area contributed by atoms with Crippen LogP contribution in [0.4, 0.5) is 0 Å². The van der Waals surface area contributed by atoms with Gasteiger partial charge in [0, 0.05) is 20.4 Å². The topological polar surface area (TPSA) is 17.1 Å². The summed E-state index contributed by atoms with van der Waals surface area (Å²) in [6.07, 6.45) is 3.68. The molecular weight excluding hydrogens is 463 g/mol. The van der Waals surface area contributed by atoms with Gasteiger partial charge in [0.05, 0.1) is 0 Å². The molecule has 4 aromatic carbocycles. The molecule has 0 atom stereocenters. The summed E-state index contributed by atoms with van der Waals surface area (Å²) in [7, 11) is -2.98. The minimum atomic E-state index is -2.98. The molecule has 0 N–H and O–H groups in total. The van der Waals surface area contributed by atoms with Crippen molar-refractivity contribution in [3.63, 3.8) is 0 Å². The Kier molecular flexibility index (Phi) is 5.69. The van der Waals surface area contributed by atoms with E-state index >= 15 is 4.57 Å². The number of hydrogen-bond acceptors (Lipinski definition) is 1. The van der Waals surface area contributed by atoms with E-state index < -0.39 is 7.14 Å². The second-order valence-corrected chi connectivity index (χ2v) is 11.8. The van der Waals surface area contributed by atoms with Crippen molar-refractivity contribution in [3.8, 4) is 0 Å². The highest BCUT2D eigenvalue weighted by molar-refractivity contribution is 9.10. The van der Waals surface area contributed by atoms with Crippen LogP contribution in [-0.2, 0) is 30.2 Å². The lowest BCUT2D eigenvalue weighted by Crippen LogP contribution is -2.28. The highest BCUT2D eigenvalue weighted by Gasteiger charge is 2.32. The van der Waals surface area contributed by atoms with Gasteiger partial charge in [-0.2, -0.15) is 0 Å². The van der Waals surface area contributed by atoms with E-state index in [4.69, 9.17) is 0 Å². The molecule has 4 aliphatic carbocycles. The van der Waals surface area contributed by atoms with Gasteiger partial charge in [-0.1, -0.05) is 101 Å². The van der Waals surface area contributed by atoms with Crippen LogP contribution >= 0.6 is 23.1 Å². The molecule has 0 fully saturated rings. The fraction of sp³-hybridized carbons (Fsp3) is 0.143. The largest absolute Gasteiger partial charge is 0.309 e. The van der Waals surface area contributed by atoms with Crippen molar-refractivity contribution in [1.82, 2.24) is 0 Å². The minimum Gasteiger partial charge on any atom is -0.309 e. The second-order valence-electron chi connectivity index (χ2n) is 8.17. The molecule has 8 rings (SSSR count). The summed E-state index contributed by atoms with van der Waals surface area (Å²) in [5, 5.41) is 2.80. The molecule has 154 valence electrons. The van der Waals surface area contributed by atoms with Crippen molar-refractivity contribution in [3.05, 3.63) is 124 Å². The average Bonchev–Trinajstić information content (AvgIpc) is 2.81. The third kappa shape index (κ3) is 3.95. The normalized spacial score (nSPS) is 13.6. The van der Waals surface area contributed by atoms with Crippen LogP contribution in [-0.4, -0.2) is 0 Å². The van der Waals surface area contributed by atoms with E-state index in [0.29, 0.717) is 0 Å². The van der Waals surface area contributed by atoms with Crippen LogP contribution in [0.2, 0.25) is 0 Å². The summed E-state index contributed by atoms with van der Waals surface area (Å²) >= 11 is 3.75. The van der Waals surface area contributed by atoms with Crippen molar-refractivity contribution >= 4 is 39.0 Å². The van der Waals surface area contributed by atoms with E-state index in [9.17, 15) is 0 Å². The number of aryl methyl sites for hydroxylation is 4. The van der Waals surface area contributed by atoms with Gasteiger partial charge in [0.1, 0.15) is 0 Å². The Bertz CT molecular complexity index is 1220. The monoisotopic (exact) mass is 486 g/mol. The molecule has 0 saturated carbocycles. The van der Waals surface area contributed by atoms with Gasteiger partial charge in [0.15, 0.2) is 7.14 Å². The van der Waals surface area contributed by atoms with Crippen LogP contribution in [0, 0.1) is 0 Å². The summed E-state index contributed by atoms with van der Waals surface area (Å²) in [6.45, 7) is 0. The van der Waals surface area contributed by atoms with E-state index in [-0.39, 0.29) is 0 Å². The molecule has 31 heavy (non-hydrogen) atoms. The first kappa shape index (κ1) is 20.5. The molecule has 0 aliphatic heterocycles. The number of hydrogen-bond donors (Lipinski definition) is 0. The molecule has 3 heteroatoms. The van der Waals surface area contributed by atoms with E-state index in [1.165, 1.54) is 26.7 Å². The van der Waals surface area contributed by atoms with Crippen LogP contribution in [0.3, 0.4) is 0 Å². The van der Waals surface area contributed by atoms with Gasteiger partial charge in [0.2, 0.25) is 0 Å². The highest BCUT2D eigenvalue weighted by atomic mass is 79.9. The Morgan fingerprint density at radius 2 is 1.10 bits per heavy atom. The Hall–Kier alpha value is -2.41. The summed E-state index contributed by atoms with van der Waals surface area (Å²) in [5.74, 6) is 0. The van der Waals surface area contributed by atoms with E-state index in [1.54, 1.807) is 0 Å². The summed E-state index contributed by atoms with van der Waals surface area (Å²) in [5.41, 5.74) is 5.05. The molecule has 4 bridgehead atoms. The zero-order chi connectivity index (χ0) is 21.3. The Labute approximate surface area is 192 Å². The van der Waals surface area contributed by atoms with Gasteiger partial charge in [0.25, 0.3) is 0 Å². The highest BCUT2D eigenvalue weighted by Crippen LogP contribution is 2.44. The standard InChI is InChI=1S/C28H24BrOP/c29-27-19-21-11-15-23(27)16-12-22-14-18-24(17-13-21)28(20-22)31(30,25-7-3-1-4-8-25)26-9-5-2-6-10-26/h1-11,14-15,18-20H,12-13,16-17H2. The van der Waals surface area contributed by atoms with E-state index in [0.717, 1.165) is 41.6 Å².